The van der Waals surface area contributed by atoms with E-state index < -0.39 is 6.10 Å². The second kappa shape index (κ2) is 8.35. The highest BCUT2D eigenvalue weighted by molar-refractivity contribution is 5.81. The standard InChI is InChI=1S/C22H24N4O2/c1-17(28-21-15-23-19-9-5-6-10-20(19)24-21)22(27)26-13-11-25(12-14-26)16-18-7-3-2-4-8-18/h2-10,15,17H,11-14,16H2,1H3/p+1/t17-/m1/s1. The lowest BCUT2D eigenvalue weighted by Crippen LogP contribution is -3.13. The van der Waals surface area contributed by atoms with E-state index in [1.165, 1.54) is 10.5 Å². The van der Waals surface area contributed by atoms with Crippen molar-refractivity contribution in [1.29, 1.82) is 0 Å². The van der Waals surface area contributed by atoms with E-state index in [9.17, 15) is 4.79 Å². The average molecular weight is 377 g/mol. The van der Waals surface area contributed by atoms with E-state index >= 15 is 0 Å². The third-order valence-electron chi connectivity index (χ3n) is 5.15. The fraction of sp³-hybridized carbons (Fsp3) is 0.318. The van der Waals surface area contributed by atoms with Crippen molar-refractivity contribution < 1.29 is 14.4 Å². The fourth-order valence-corrected chi connectivity index (χ4v) is 3.59. The molecule has 0 radical (unpaired) electrons. The van der Waals surface area contributed by atoms with Crippen LogP contribution in [0.2, 0.25) is 0 Å². The molecule has 1 fully saturated rings. The van der Waals surface area contributed by atoms with Gasteiger partial charge < -0.3 is 14.5 Å². The summed E-state index contributed by atoms with van der Waals surface area (Å²) in [4.78, 5) is 25.0. The van der Waals surface area contributed by atoms with E-state index in [1.54, 1.807) is 13.1 Å². The van der Waals surface area contributed by atoms with Crippen LogP contribution in [-0.4, -0.2) is 53.1 Å². The summed E-state index contributed by atoms with van der Waals surface area (Å²) in [6.07, 6.45) is 1.000. The Morgan fingerprint density at radius 1 is 1.07 bits per heavy atom. The predicted octanol–water partition coefficient (Wildman–Crippen LogP) is 1.32. The van der Waals surface area contributed by atoms with Gasteiger partial charge >= 0.3 is 0 Å². The van der Waals surface area contributed by atoms with Crippen molar-refractivity contribution in [2.75, 3.05) is 26.2 Å². The number of nitrogens with zero attached hydrogens (tertiary/aromatic N) is 3. The molecule has 2 aromatic carbocycles. The highest BCUT2D eigenvalue weighted by atomic mass is 16.5. The first kappa shape index (κ1) is 18.4. The average Bonchev–Trinajstić information content (AvgIpc) is 2.74. The molecule has 3 aromatic rings. The minimum Gasteiger partial charge on any atom is -0.463 e. The Labute approximate surface area is 164 Å². The lowest BCUT2D eigenvalue weighted by molar-refractivity contribution is -0.917. The summed E-state index contributed by atoms with van der Waals surface area (Å²) in [6, 6.07) is 18.1. The zero-order chi connectivity index (χ0) is 19.3. The van der Waals surface area contributed by atoms with Crippen LogP contribution in [0, 0.1) is 0 Å². The molecule has 1 aliphatic rings. The number of para-hydroxylation sites is 2. The molecule has 144 valence electrons. The minimum atomic E-state index is -0.578. The first-order valence-electron chi connectivity index (χ1n) is 9.74. The zero-order valence-corrected chi connectivity index (χ0v) is 16.0. The van der Waals surface area contributed by atoms with Gasteiger partial charge in [0.2, 0.25) is 5.88 Å². The molecule has 1 aliphatic heterocycles. The smallest absolute Gasteiger partial charge is 0.263 e. The van der Waals surface area contributed by atoms with Crippen LogP contribution in [0.25, 0.3) is 11.0 Å². The number of aromatic nitrogens is 2. The second-order valence-electron chi connectivity index (χ2n) is 7.19. The molecule has 6 heteroatoms. The molecular weight excluding hydrogens is 352 g/mol. The number of benzene rings is 2. The number of hydrogen-bond acceptors (Lipinski definition) is 4. The molecule has 0 unspecified atom stereocenters. The van der Waals surface area contributed by atoms with Crippen LogP contribution < -0.4 is 9.64 Å². The van der Waals surface area contributed by atoms with Crippen LogP contribution in [0.15, 0.2) is 60.8 Å². The summed E-state index contributed by atoms with van der Waals surface area (Å²) >= 11 is 0. The molecular formula is C22H25N4O2+. The maximum atomic E-state index is 12.8. The van der Waals surface area contributed by atoms with Gasteiger partial charge in [-0.25, -0.2) is 9.97 Å². The maximum absolute atomic E-state index is 12.8. The van der Waals surface area contributed by atoms with E-state index in [4.69, 9.17) is 4.74 Å². The molecule has 2 heterocycles. The molecule has 6 nitrogen and oxygen atoms in total. The summed E-state index contributed by atoms with van der Waals surface area (Å²) in [7, 11) is 0. The van der Waals surface area contributed by atoms with Crippen molar-refractivity contribution >= 4 is 16.9 Å². The third kappa shape index (κ3) is 4.28. The quantitative estimate of drug-likeness (QED) is 0.729. The fourth-order valence-electron chi connectivity index (χ4n) is 3.59. The Kier molecular flexibility index (Phi) is 5.48. The summed E-state index contributed by atoms with van der Waals surface area (Å²) in [5, 5.41) is 0. The number of fused-ring (bicyclic) bond motifs is 1. The predicted molar refractivity (Wildman–Crippen MR) is 107 cm³/mol. The largest absolute Gasteiger partial charge is 0.463 e. The maximum Gasteiger partial charge on any atom is 0.263 e. The van der Waals surface area contributed by atoms with Crippen molar-refractivity contribution in [1.82, 2.24) is 14.9 Å². The number of hydrogen-bond donors (Lipinski definition) is 1. The first-order valence-corrected chi connectivity index (χ1v) is 9.74. The van der Waals surface area contributed by atoms with Gasteiger partial charge in [0, 0.05) is 5.56 Å². The lowest BCUT2D eigenvalue weighted by Gasteiger charge is -2.33. The van der Waals surface area contributed by atoms with Crippen molar-refractivity contribution in [2.45, 2.75) is 19.6 Å². The van der Waals surface area contributed by atoms with Crippen molar-refractivity contribution in [3.63, 3.8) is 0 Å². The number of amides is 1. The Bertz CT molecular complexity index is 939. The zero-order valence-electron chi connectivity index (χ0n) is 16.0. The molecule has 1 N–H and O–H groups in total. The molecule has 1 atom stereocenters. The van der Waals surface area contributed by atoms with Gasteiger partial charge in [0.25, 0.3) is 5.91 Å². The molecule has 0 spiro atoms. The van der Waals surface area contributed by atoms with Crippen LogP contribution in [-0.2, 0) is 11.3 Å². The van der Waals surface area contributed by atoms with E-state index in [1.807, 2.05) is 35.2 Å². The SMILES string of the molecule is C[C@@H](Oc1cnc2ccccc2n1)C(=O)N1CC[NH+](Cc2ccccc2)CC1. The van der Waals surface area contributed by atoms with Gasteiger partial charge in [-0.2, -0.15) is 0 Å². The molecule has 1 aromatic heterocycles. The third-order valence-corrected chi connectivity index (χ3v) is 5.15. The highest BCUT2D eigenvalue weighted by Crippen LogP contribution is 2.15. The van der Waals surface area contributed by atoms with Gasteiger partial charge in [-0.1, -0.05) is 42.5 Å². The second-order valence-corrected chi connectivity index (χ2v) is 7.19. The van der Waals surface area contributed by atoms with Gasteiger partial charge in [0.15, 0.2) is 6.10 Å². The van der Waals surface area contributed by atoms with Crippen LogP contribution in [0.4, 0.5) is 0 Å². The Morgan fingerprint density at radius 2 is 1.75 bits per heavy atom. The van der Waals surface area contributed by atoms with Gasteiger partial charge in [-0.05, 0) is 19.1 Å². The van der Waals surface area contributed by atoms with Crippen LogP contribution >= 0.6 is 0 Å². The van der Waals surface area contributed by atoms with Crippen LogP contribution in [0.1, 0.15) is 12.5 Å². The summed E-state index contributed by atoms with van der Waals surface area (Å²) in [6.45, 7) is 6.17. The van der Waals surface area contributed by atoms with Gasteiger partial charge in [-0.3, -0.25) is 4.79 Å². The molecule has 0 saturated carbocycles. The van der Waals surface area contributed by atoms with Crippen LogP contribution in [0.5, 0.6) is 5.88 Å². The molecule has 28 heavy (non-hydrogen) atoms. The van der Waals surface area contributed by atoms with Crippen molar-refractivity contribution in [2.24, 2.45) is 0 Å². The lowest BCUT2D eigenvalue weighted by atomic mass is 10.2. The van der Waals surface area contributed by atoms with E-state index in [0.717, 1.165) is 43.8 Å². The molecule has 1 saturated heterocycles. The number of ether oxygens (including phenoxy) is 1. The van der Waals surface area contributed by atoms with E-state index in [2.05, 4.69) is 34.2 Å². The number of carbonyl (C=O) groups is 1. The van der Waals surface area contributed by atoms with Gasteiger partial charge in [0.05, 0.1) is 43.4 Å². The Hall–Kier alpha value is -2.99. The molecule has 0 bridgehead atoms. The number of carbonyl (C=O) groups excluding carboxylic acids is 1. The van der Waals surface area contributed by atoms with Gasteiger partial charge in [0.1, 0.15) is 6.54 Å². The summed E-state index contributed by atoms with van der Waals surface area (Å²) in [5.74, 6) is 0.390. The molecule has 1 amide bonds. The number of rotatable bonds is 5. The summed E-state index contributed by atoms with van der Waals surface area (Å²) < 4.78 is 5.79. The Balaban J connectivity index is 1.31. The van der Waals surface area contributed by atoms with E-state index in [-0.39, 0.29) is 5.91 Å². The van der Waals surface area contributed by atoms with Crippen molar-refractivity contribution in [3.8, 4) is 5.88 Å². The normalized spacial score (nSPS) is 16.1. The summed E-state index contributed by atoms with van der Waals surface area (Å²) in [5.41, 5.74) is 2.91. The van der Waals surface area contributed by atoms with Crippen molar-refractivity contribution in [3.05, 3.63) is 66.4 Å². The minimum absolute atomic E-state index is 0.00807. The topological polar surface area (TPSA) is 59.8 Å². The first-order chi connectivity index (χ1) is 13.7. The van der Waals surface area contributed by atoms with Crippen LogP contribution in [0.3, 0.4) is 0 Å². The number of quaternary nitrogens is 1. The van der Waals surface area contributed by atoms with Gasteiger partial charge in [-0.15, -0.1) is 0 Å². The highest BCUT2D eigenvalue weighted by Gasteiger charge is 2.28. The molecule has 4 rings (SSSR count). The van der Waals surface area contributed by atoms with E-state index in [0.29, 0.717) is 5.88 Å². The monoisotopic (exact) mass is 377 g/mol. The molecule has 0 aliphatic carbocycles. The number of piperazine rings is 1. The Morgan fingerprint density at radius 3 is 2.50 bits per heavy atom. The number of nitrogens with one attached hydrogen (secondary N) is 1.